The number of piperidine rings is 1. The van der Waals surface area contributed by atoms with Crippen molar-refractivity contribution in [1.29, 1.82) is 0 Å². The zero-order chi connectivity index (χ0) is 31.7. The smallest absolute Gasteiger partial charge is 0.258 e. The summed E-state index contributed by atoms with van der Waals surface area (Å²) in [5.41, 5.74) is 5.93. The van der Waals surface area contributed by atoms with Crippen molar-refractivity contribution in [1.82, 2.24) is 34.1 Å². The second-order valence-corrected chi connectivity index (χ2v) is 13.2. The van der Waals surface area contributed by atoms with Crippen molar-refractivity contribution in [3.8, 4) is 11.3 Å². The number of carbonyl (C=O) groups excluding carboxylic acids is 1. The number of aromatic nitrogens is 5. The molecule has 3 aromatic heterocycles. The number of imidazole rings is 1. The lowest BCUT2D eigenvalue weighted by atomic mass is 9.93. The SMILES string of the molecule is Cc1cc(C(=O)Nc2nc3ccc(N4CCC(N(C)CCN(C)C)CC4)cc3n2C2CCC(O)CC2)cc(-c2cnn(C)c2)n1. The minimum absolute atomic E-state index is 0.144. The van der Waals surface area contributed by atoms with Gasteiger partial charge in [-0.2, -0.15) is 5.10 Å². The summed E-state index contributed by atoms with van der Waals surface area (Å²) in [7, 11) is 8.37. The van der Waals surface area contributed by atoms with Gasteiger partial charge < -0.3 is 24.4 Å². The number of benzene rings is 1. The molecule has 240 valence electrons. The van der Waals surface area contributed by atoms with Crippen LogP contribution in [0.15, 0.2) is 42.7 Å². The van der Waals surface area contributed by atoms with Crippen molar-refractivity contribution in [3.63, 3.8) is 0 Å². The molecule has 0 radical (unpaired) electrons. The van der Waals surface area contributed by atoms with Crippen LogP contribution in [0.1, 0.15) is 60.6 Å². The number of amides is 1. The first-order chi connectivity index (χ1) is 21.6. The van der Waals surface area contributed by atoms with E-state index in [-0.39, 0.29) is 18.1 Å². The third-order valence-corrected chi connectivity index (χ3v) is 9.50. The second kappa shape index (κ2) is 13.3. The van der Waals surface area contributed by atoms with Gasteiger partial charge in [0.25, 0.3) is 5.91 Å². The fraction of sp³-hybridized carbons (Fsp3) is 0.529. The normalized spacial score (nSPS) is 19.6. The Morgan fingerprint density at radius 2 is 1.76 bits per heavy atom. The van der Waals surface area contributed by atoms with E-state index in [9.17, 15) is 9.90 Å². The molecule has 45 heavy (non-hydrogen) atoms. The number of nitrogens with zero attached hydrogens (tertiary/aromatic N) is 8. The lowest BCUT2D eigenvalue weighted by Crippen LogP contribution is -2.45. The number of aliphatic hydroxyl groups is 1. The van der Waals surface area contributed by atoms with Crippen LogP contribution in [0, 0.1) is 6.92 Å². The van der Waals surface area contributed by atoms with Gasteiger partial charge in [0.15, 0.2) is 0 Å². The van der Waals surface area contributed by atoms with Gasteiger partial charge in [-0.15, -0.1) is 0 Å². The molecular formula is C34H47N9O2. The Kier molecular flexibility index (Phi) is 9.21. The maximum absolute atomic E-state index is 13.7. The number of fused-ring (bicyclic) bond motifs is 1. The van der Waals surface area contributed by atoms with Gasteiger partial charge in [0, 0.05) is 74.0 Å². The van der Waals surface area contributed by atoms with Crippen LogP contribution in [0.3, 0.4) is 0 Å². The fourth-order valence-corrected chi connectivity index (χ4v) is 6.83. The Balaban J connectivity index is 1.26. The number of aryl methyl sites for hydroxylation is 2. The predicted octanol–water partition coefficient (Wildman–Crippen LogP) is 4.33. The number of aliphatic hydroxyl groups excluding tert-OH is 1. The molecule has 1 aromatic carbocycles. The van der Waals surface area contributed by atoms with Crippen LogP contribution in [0.5, 0.6) is 0 Å². The van der Waals surface area contributed by atoms with Crippen LogP contribution >= 0.6 is 0 Å². The average molecular weight is 614 g/mol. The number of hydrogen-bond donors (Lipinski definition) is 2. The van der Waals surface area contributed by atoms with Crippen LogP contribution < -0.4 is 10.2 Å². The lowest BCUT2D eigenvalue weighted by molar-refractivity contribution is 0.102. The van der Waals surface area contributed by atoms with E-state index in [1.807, 2.05) is 26.2 Å². The molecule has 4 heterocycles. The Labute approximate surface area is 265 Å². The number of hydrogen-bond acceptors (Lipinski definition) is 8. The maximum Gasteiger partial charge on any atom is 0.258 e. The second-order valence-electron chi connectivity index (χ2n) is 13.2. The lowest BCUT2D eigenvalue weighted by Gasteiger charge is -2.38. The largest absolute Gasteiger partial charge is 0.393 e. The third-order valence-electron chi connectivity index (χ3n) is 9.50. The van der Waals surface area contributed by atoms with Gasteiger partial charge in [-0.1, -0.05) is 0 Å². The van der Waals surface area contributed by atoms with Crippen LogP contribution in [-0.2, 0) is 7.05 Å². The first-order valence-corrected chi connectivity index (χ1v) is 16.2. The van der Waals surface area contributed by atoms with Crippen LogP contribution in [-0.4, -0.2) is 105 Å². The van der Waals surface area contributed by atoms with E-state index in [2.05, 4.69) is 74.0 Å². The summed E-state index contributed by atoms with van der Waals surface area (Å²) in [6.07, 6.45) is 8.80. The van der Waals surface area contributed by atoms with E-state index in [0.717, 1.165) is 87.0 Å². The molecule has 2 aliphatic rings. The summed E-state index contributed by atoms with van der Waals surface area (Å²) in [5.74, 6) is 0.325. The highest BCUT2D eigenvalue weighted by Gasteiger charge is 2.28. The Bertz CT molecular complexity index is 1630. The standard InChI is InChI=1S/C34H47N9O2/c1-23-18-24(19-31(36-23)25-21-35-41(5)22-25)33(45)38-34-37-30-11-8-28(20-32(30)43(34)27-6-9-29(44)10-7-27)42-14-12-26(13-15-42)40(4)17-16-39(2)3/h8,11,18-22,26-27,29,44H,6-7,9-10,12-17H2,1-5H3,(H,37,38,45). The number of anilines is 2. The van der Waals surface area contributed by atoms with E-state index in [1.165, 1.54) is 5.69 Å². The van der Waals surface area contributed by atoms with Gasteiger partial charge in [0.05, 0.1) is 29.0 Å². The van der Waals surface area contributed by atoms with Gasteiger partial charge in [-0.05, 0) is 96.9 Å². The van der Waals surface area contributed by atoms with Gasteiger partial charge in [-0.25, -0.2) is 4.98 Å². The van der Waals surface area contributed by atoms with E-state index in [0.29, 0.717) is 23.2 Å². The van der Waals surface area contributed by atoms with Gasteiger partial charge >= 0.3 is 0 Å². The quantitative estimate of drug-likeness (QED) is 0.287. The van der Waals surface area contributed by atoms with Crippen molar-refractivity contribution in [3.05, 3.63) is 54.0 Å². The molecule has 1 saturated heterocycles. The van der Waals surface area contributed by atoms with Crippen molar-refractivity contribution >= 4 is 28.6 Å². The molecule has 11 heteroatoms. The molecule has 2 N–H and O–H groups in total. The number of rotatable bonds is 9. The summed E-state index contributed by atoms with van der Waals surface area (Å²) in [6, 6.07) is 10.9. The monoisotopic (exact) mass is 613 g/mol. The molecule has 6 rings (SSSR count). The molecule has 0 bridgehead atoms. The molecule has 1 amide bonds. The van der Waals surface area contributed by atoms with Gasteiger partial charge in [0.1, 0.15) is 0 Å². The average Bonchev–Trinajstić information content (AvgIpc) is 3.62. The topological polar surface area (TPSA) is 108 Å². The van der Waals surface area contributed by atoms with E-state index >= 15 is 0 Å². The predicted molar refractivity (Wildman–Crippen MR) is 179 cm³/mol. The number of nitrogens with one attached hydrogen (secondary N) is 1. The van der Waals surface area contributed by atoms with E-state index < -0.39 is 0 Å². The van der Waals surface area contributed by atoms with Crippen molar-refractivity contribution in [2.45, 2.75) is 63.6 Å². The molecule has 1 aliphatic heterocycles. The Morgan fingerprint density at radius 1 is 1.00 bits per heavy atom. The Morgan fingerprint density at radius 3 is 2.44 bits per heavy atom. The molecule has 11 nitrogen and oxygen atoms in total. The van der Waals surface area contributed by atoms with Gasteiger partial charge in [0.2, 0.25) is 5.95 Å². The number of pyridine rings is 1. The molecule has 4 aromatic rings. The molecule has 0 atom stereocenters. The van der Waals surface area contributed by atoms with Crippen molar-refractivity contribution < 1.29 is 9.90 Å². The highest BCUT2D eigenvalue weighted by Crippen LogP contribution is 2.36. The third kappa shape index (κ3) is 7.05. The minimum Gasteiger partial charge on any atom is -0.393 e. The molecule has 0 spiro atoms. The summed E-state index contributed by atoms with van der Waals surface area (Å²) in [4.78, 5) is 30.5. The first kappa shape index (κ1) is 31.2. The molecule has 2 fully saturated rings. The summed E-state index contributed by atoms with van der Waals surface area (Å²) in [6.45, 7) is 6.07. The van der Waals surface area contributed by atoms with Gasteiger partial charge in [-0.3, -0.25) is 19.8 Å². The molecular weight excluding hydrogens is 566 g/mol. The highest BCUT2D eigenvalue weighted by atomic mass is 16.3. The zero-order valence-electron chi connectivity index (χ0n) is 27.3. The molecule has 0 unspecified atom stereocenters. The summed E-state index contributed by atoms with van der Waals surface area (Å²) in [5, 5.41) is 17.7. The number of carbonyl (C=O) groups is 1. The molecule has 1 aliphatic carbocycles. The Hall–Kier alpha value is -3.80. The number of likely N-dealkylation sites (N-methyl/N-ethyl adjacent to an activating group) is 2. The van der Waals surface area contributed by atoms with E-state index in [1.54, 1.807) is 16.9 Å². The maximum atomic E-state index is 13.7. The van der Waals surface area contributed by atoms with Crippen molar-refractivity contribution in [2.24, 2.45) is 7.05 Å². The minimum atomic E-state index is -0.271. The summed E-state index contributed by atoms with van der Waals surface area (Å²) < 4.78 is 3.93. The van der Waals surface area contributed by atoms with Crippen LogP contribution in [0.25, 0.3) is 22.3 Å². The fourth-order valence-electron chi connectivity index (χ4n) is 6.83. The highest BCUT2D eigenvalue weighted by molar-refractivity contribution is 6.05. The first-order valence-electron chi connectivity index (χ1n) is 16.2. The van der Waals surface area contributed by atoms with Crippen LogP contribution in [0.2, 0.25) is 0 Å². The van der Waals surface area contributed by atoms with Crippen molar-refractivity contribution in [2.75, 3.05) is 57.5 Å². The van der Waals surface area contributed by atoms with Crippen LogP contribution in [0.4, 0.5) is 11.6 Å². The van der Waals surface area contributed by atoms with E-state index in [4.69, 9.17) is 4.98 Å². The summed E-state index contributed by atoms with van der Waals surface area (Å²) >= 11 is 0. The molecule has 1 saturated carbocycles. The zero-order valence-corrected chi connectivity index (χ0v) is 27.3.